The first kappa shape index (κ1) is 18.9. The molecule has 0 aromatic heterocycles. The second kappa shape index (κ2) is 9.18. The number of nitrogens with one attached hydrogen (secondary N) is 1. The van der Waals surface area contributed by atoms with E-state index in [4.69, 9.17) is 16.3 Å². The van der Waals surface area contributed by atoms with Gasteiger partial charge in [-0.15, -0.1) is 11.8 Å². The standard InChI is InChI=1S/C17H23ClN2O3S/c1-3-23-17(22)20-10-8-13(9-11-20)19-16(21)12(2)24-15-7-5-4-6-14(15)18/h4-7,12-13H,3,8-11H2,1-2H3,(H,19,21). The third-order valence-electron chi connectivity index (χ3n) is 3.88. The third kappa shape index (κ3) is 5.31. The Kier molecular flexibility index (Phi) is 7.24. The molecule has 0 radical (unpaired) electrons. The molecular formula is C17H23ClN2O3S. The summed E-state index contributed by atoms with van der Waals surface area (Å²) in [4.78, 5) is 26.6. The van der Waals surface area contributed by atoms with Crippen LogP contribution in [0.4, 0.5) is 4.79 Å². The van der Waals surface area contributed by atoms with E-state index in [1.807, 2.05) is 31.2 Å². The molecule has 132 valence electrons. The highest BCUT2D eigenvalue weighted by Crippen LogP contribution is 2.30. The lowest BCUT2D eigenvalue weighted by atomic mass is 10.1. The number of amides is 2. The molecule has 1 aliphatic heterocycles. The van der Waals surface area contributed by atoms with Gasteiger partial charge in [-0.3, -0.25) is 4.79 Å². The zero-order valence-electron chi connectivity index (χ0n) is 14.0. The van der Waals surface area contributed by atoms with E-state index in [2.05, 4.69) is 5.32 Å². The van der Waals surface area contributed by atoms with Crippen molar-refractivity contribution in [1.82, 2.24) is 10.2 Å². The van der Waals surface area contributed by atoms with E-state index >= 15 is 0 Å². The Balaban J connectivity index is 1.79. The number of ether oxygens (including phenoxy) is 1. The topological polar surface area (TPSA) is 58.6 Å². The Hall–Kier alpha value is -1.40. The molecule has 1 aromatic carbocycles. The number of hydrogen-bond acceptors (Lipinski definition) is 4. The lowest BCUT2D eigenvalue weighted by molar-refractivity contribution is -0.121. The van der Waals surface area contributed by atoms with Gasteiger partial charge in [0.2, 0.25) is 5.91 Å². The smallest absolute Gasteiger partial charge is 0.409 e. The summed E-state index contributed by atoms with van der Waals surface area (Å²) in [5.41, 5.74) is 0. The van der Waals surface area contributed by atoms with Crippen LogP contribution in [0, 0.1) is 0 Å². The maximum Gasteiger partial charge on any atom is 0.409 e. The van der Waals surface area contributed by atoms with E-state index in [0.717, 1.165) is 17.7 Å². The molecule has 1 fully saturated rings. The van der Waals surface area contributed by atoms with Crippen molar-refractivity contribution in [2.75, 3.05) is 19.7 Å². The van der Waals surface area contributed by atoms with Crippen molar-refractivity contribution in [2.45, 2.75) is 42.9 Å². The van der Waals surface area contributed by atoms with E-state index in [1.165, 1.54) is 11.8 Å². The molecule has 24 heavy (non-hydrogen) atoms. The van der Waals surface area contributed by atoms with Crippen molar-refractivity contribution in [2.24, 2.45) is 0 Å². The largest absolute Gasteiger partial charge is 0.450 e. The molecule has 2 amide bonds. The Morgan fingerprint density at radius 3 is 2.67 bits per heavy atom. The first-order chi connectivity index (χ1) is 11.5. The summed E-state index contributed by atoms with van der Waals surface area (Å²) in [7, 11) is 0. The summed E-state index contributed by atoms with van der Waals surface area (Å²) in [5.74, 6) is -0.00509. The van der Waals surface area contributed by atoms with Crippen molar-refractivity contribution in [3.05, 3.63) is 29.3 Å². The summed E-state index contributed by atoms with van der Waals surface area (Å²) in [6.07, 6.45) is 1.21. The predicted octanol–water partition coefficient (Wildman–Crippen LogP) is 3.56. The van der Waals surface area contributed by atoms with Gasteiger partial charge in [0.15, 0.2) is 0 Å². The number of hydrogen-bond donors (Lipinski definition) is 1. The van der Waals surface area contributed by atoms with Crippen molar-refractivity contribution >= 4 is 35.4 Å². The minimum atomic E-state index is -0.273. The van der Waals surface area contributed by atoms with Gasteiger partial charge in [-0.05, 0) is 38.8 Å². The molecule has 1 N–H and O–H groups in total. The molecule has 0 saturated carbocycles. The second-order valence-corrected chi connectivity index (χ2v) is 7.45. The average molecular weight is 371 g/mol. The minimum Gasteiger partial charge on any atom is -0.450 e. The number of piperidine rings is 1. The van der Waals surface area contributed by atoms with Crippen LogP contribution in [0.3, 0.4) is 0 Å². The van der Waals surface area contributed by atoms with Crippen molar-refractivity contribution in [3.63, 3.8) is 0 Å². The normalized spacial score (nSPS) is 16.5. The Morgan fingerprint density at radius 2 is 2.04 bits per heavy atom. The van der Waals surface area contributed by atoms with E-state index < -0.39 is 0 Å². The molecule has 1 atom stereocenters. The molecule has 7 heteroatoms. The van der Waals surface area contributed by atoms with Gasteiger partial charge in [0.05, 0.1) is 16.9 Å². The minimum absolute atomic E-state index is 0.00509. The van der Waals surface area contributed by atoms with Crippen LogP contribution in [-0.4, -0.2) is 47.9 Å². The van der Waals surface area contributed by atoms with Gasteiger partial charge in [-0.1, -0.05) is 23.7 Å². The molecule has 0 spiro atoms. The fourth-order valence-electron chi connectivity index (χ4n) is 2.52. The van der Waals surface area contributed by atoms with Crippen molar-refractivity contribution in [3.8, 4) is 0 Å². The molecule has 1 aromatic rings. The number of halogens is 1. The first-order valence-corrected chi connectivity index (χ1v) is 9.40. The first-order valence-electron chi connectivity index (χ1n) is 8.14. The SMILES string of the molecule is CCOC(=O)N1CCC(NC(=O)C(C)Sc2ccccc2Cl)CC1. The van der Waals surface area contributed by atoms with Crippen LogP contribution in [0.2, 0.25) is 5.02 Å². The van der Waals surface area contributed by atoms with Crippen molar-refractivity contribution < 1.29 is 14.3 Å². The van der Waals surface area contributed by atoms with Gasteiger partial charge in [0.25, 0.3) is 0 Å². The summed E-state index contributed by atoms with van der Waals surface area (Å²) < 4.78 is 5.00. The van der Waals surface area contributed by atoms with Crippen LogP contribution >= 0.6 is 23.4 Å². The van der Waals surface area contributed by atoms with Crippen LogP contribution in [-0.2, 0) is 9.53 Å². The summed E-state index contributed by atoms with van der Waals surface area (Å²) in [6, 6.07) is 7.60. The number of benzene rings is 1. The number of carbonyl (C=O) groups excluding carboxylic acids is 2. The van der Waals surface area contributed by atoms with Gasteiger partial charge < -0.3 is 15.0 Å². The Morgan fingerprint density at radius 1 is 1.38 bits per heavy atom. The molecule has 1 aliphatic rings. The fraction of sp³-hybridized carbons (Fsp3) is 0.529. The van der Waals surface area contributed by atoms with E-state index in [0.29, 0.717) is 24.7 Å². The summed E-state index contributed by atoms with van der Waals surface area (Å²) in [6.45, 7) is 5.26. The van der Waals surface area contributed by atoms with Crippen LogP contribution in [0.15, 0.2) is 29.2 Å². The Labute approximate surface area is 152 Å². The van der Waals surface area contributed by atoms with Crippen LogP contribution in [0.5, 0.6) is 0 Å². The van der Waals surface area contributed by atoms with Crippen LogP contribution in [0.25, 0.3) is 0 Å². The van der Waals surface area contributed by atoms with E-state index in [9.17, 15) is 9.59 Å². The predicted molar refractivity (Wildman–Crippen MR) is 96.5 cm³/mol. The summed E-state index contributed by atoms with van der Waals surface area (Å²) in [5, 5.41) is 3.50. The Bertz CT molecular complexity index is 577. The number of nitrogens with zero attached hydrogens (tertiary/aromatic N) is 1. The quantitative estimate of drug-likeness (QED) is 0.805. The highest BCUT2D eigenvalue weighted by Gasteiger charge is 2.26. The maximum atomic E-state index is 12.4. The average Bonchev–Trinajstić information content (AvgIpc) is 2.57. The van der Waals surface area contributed by atoms with E-state index in [-0.39, 0.29) is 23.3 Å². The van der Waals surface area contributed by atoms with Crippen LogP contribution < -0.4 is 5.32 Å². The molecular weight excluding hydrogens is 348 g/mol. The third-order valence-corrected chi connectivity index (χ3v) is 5.50. The van der Waals surface area contributed by atoms with Gasteiger partial charge in [-0.25, -0.2) is 4.79 Å². The molecule has 2 rings (SSSR count). The molecule has 1 saturated heterocycles. The number of likely N-dealkylation sites (tertiary alicyclic amines) is 1. The van der Waals surface area contributed by atoms with Crippen molar-refractivity contribution in [1.29, 1.82) is 0 Å². The number of rotatable bonds is 5. The maximum absolute atomic E-state index is 12.4. The van der Waals surface area contributed by atoms with Gasteiger partial charge >= 0.3 is 6.09 Å². The second-order valence-electron chi connectivity index (χ2n) is 5.66. The number of carbonyl (C=O) groups is 2. The van der Waals surface area contributed by atoms with Gasteiger partial charge in [-0.2, -0.15) is 0 Å². The molecule has 1 heterocycles. The fourth-order valence-corrected chi connectivity index (χ4v) is 3.69. The van der Waals surface area contributed by atoms with Gasteiger partial charge in [0.1, 0.15) is 0 Å². The molecule has 0 aliphatic carbocycles. The zero-order valence-corrected chi connectivity index (χ0v) is 15.5. The molecule has 0 bridgehead atoms. The van der Waals surface area contributed by atoms with Crippen LogP contribution in [0.1, 0.15) is 26.7 Å². The summed E-state index contributed by atoms with van der Waals surface area (Å²) >= 11 is 7.58. The molecule has 1 unspecified atom stereocenters. The lowest BCUT2D eigenvalue weighted by Crippen LogP contribution is -2.48. The zero-order chi connectivity index (χ0) is 17.5. The lowest BCUT2D eigenvalue weighted by Gasteiger charge is -2.32. The van der Waals surface area contributed by atoms with Gasteiger partial charge in [0, 0.05) is 24.0 Å². The monoisotopic (exact) mass is 370 g/mol. The number of thioether (sulfide) groups is 1. The van der Waals surface area contributed by atoms with E-state index in [1.54, 1.807) is 11.8 Å². The molecule has 5 nitrogen and oxygen atoms in total. The highest BCUT2D eigenvalue weighted by molar-refractivity contribution is 8.00. The highest BCUT2D eigenvalue weighted by atomic mass is 35.5.